The molecule has 3 nitrogen and oxygen atoms in total. The fourth-order valence-corrected chi connectivity index (χ4v) is 1.45. The Balaban J connectivity index is 2.41. The molecule has 0 saturated heterocycles. The van der Waals surface area contributed by atoms with Gasteiger partial charge in [0.1, 0.15) is 10.4 Å². The standard InChI is InChI=1S/C10H8BrNO2/c1-13-8-4-2-3-7(5-8)9-6-10(11)12-14-9/h2-6H,1H3. The van der Waals surface area contributed by atoms with E-state index in [-0.39, 0.29) is 0 Å². The summed E-state index contributed by atoms with van der Waals surface area (Å²) in [5.41, 5.74) is 0.947. The van der Waals surface area contributed by atoms with Crippen LogP contribution < -0.4 is 4.74 Å². The Kier molecular flexibility index (Phi) is 2.54. The van der Waals surface area contributed by atoms with Crippen LogP contribution in [0.2, 0.25) is 0 Å². The van der Waals surface area contributed by atoms with Crippen LogP contribution in [0.5, 0.6) is 5.75 Å². The van der Waals surface area contributed by atoms with Crippen molar-refractivity contribution in [3.8, 4) is 17.1 Å². The monoisotopic (exact) mass is 253 g/mol. The van der Waals surface area contributed by atoms with Crippen LogP contribution in [0.1, 0.15) is 0 Å². The largest absolute Gasteiger partial charge is 0.497 e. The molecule has 0 aliphatic rings. The Morgan fingerprint density at radius 2 is 2.21 bits per heavy atom. The topological polar surface area (TPSA) is 35.3 Å². The van der Waals surface area contributed by atoms with E-state index in [1.165, 1.54) is 0 Å². The van der Waals surface area contributed by atoms with E-state index in [9.17, 15) is 0 Å². The van der Waals surface area contributed by atoms with Gasteiger partial charge in [0.25, 0.3) is 0 Å². The van der Waals surface area contributed by atoms with Gasteiger partial charge in [-0.2, -0.15) is 0 Å². The van der Waals surface area contributed by atoms with E-state index in [1.54, 1.807) is 7.11 Å². The summed E-state index contributed by atoms with van der Waals surface area (Å²) in [6, 6.07) is 9.44. The van der Waals surface area contributed by atoms with Crippen molar-refractivity contribution in [3.63, 3.8) is 0 Å². The number of hydrogen-bond acceptors (Lipinski definition) is 3. The summed E-state index contributed by atoms with van der Waals surface area (Å²) < 4.78 is 10.9. The first-order valence-corrected chi connectivity index (χ1v) is 4.85. The second kappa shape index (κ2) is 3.84. The lowest BCUT2D eigenvalue weighted by Gasteiger charge is -2.00. The van der Waals surface area contributed by atoms with Gasteiger partial charge in [-0.05, 0) is 28.1 Å². The third-order valence-electron chi connectivity index (χ3n) is 1.84. The summed E-state index contributed by atoms with van der Waals surface area (Å²) >= 11 is 3.23. The molecule has 2 aromatic rings. The molecule has 1 heterocycles. The van der Waals surface area contributed by atoms with Crippen molar-refractivity contribution in [1.82, 2.24) is 5.16 Å². The smallest absolute Gasteiger partial charge is 0.168 e. The summed E-state index contributed by atoms with van der Waals surface area (Å²) in [4.78, 5) is 0. The molecule has 14 heavy (non-hydrogen) atoms. The van der Waals surface area contributed by atoms with Gasteiger partial charge < -0.3 is 9.26 Å². The minimum Gasteiger partial charge on any atom is -0.497 e. The molecule has 0 unspecified atom stereocenters. The highest BCUT2D eigenvalue weighted by Gasteiger charge is 2.05. The van der Waals surface area contributed by atoms with E-state index >= 15 is 0 Å². The first-order valence-electron chi connectivity index (χ1n) is 4.06. The first-order chi connectivity index (χ1) is 6.79. The lowest BCUT2D eigenvalue weighted by molar-refractivity contribution is 0.413. The Morgan fingerprint density at radius 1 is 1.36 bits per heavy atom. The first kappa shape index (κ1) is 9.27. The molecular weight excluding hydrogens is 246 g/mol. The van der Waals surface area contributed by atoms with Crippen LogP contribution in [-0.2, 0) is 0 Å². The molecule has 2 rings (SSSR count). The molecular formula is C10H8BrNO2. The zero-order valence-corrected chi connectivity index (χ0v) is 9.11. The van der Waals surface area contributed by atoms with Gasteiger partial charge in [-0.1, -0.05) is 17.3 Å². The Hall–Kier alpha value is -1.29. The van der Waals surface area contributed by atoms with Gasteiger partial charge in [-0.3, -0.25) is 0 Å². The van der Waals surface area contributed by atoms with Crippen molar-refractivity contribution < 1.29 is 9.26 Å². The molecule has 0 bridgehead atoms. The second-order valence-electron chi connectivity index (χ2n) is 2.75. The zero-order chi connectivity index (χ0) is 9.97. The summed E-state index contributed by atoms with van der Waals surface area (Å²) in [6.07, 6.45) is 0. The van der Waals surface area contributed by atoms with Gasteiger partial charge >= 0.3 is 0 Å². The number of hydrogen-bond donors (Lipinski definition) is 0. The van der Waals surface area contributed by atoms with Crippen molar-refractivity contribution in [2.24, 2.45) is 0 Å². The number of methoxy groups -OCH3 is 1. The predicted molar refractivity (Wildman–Crippen MR) is 56.2 cm³/mol. The molecule has 0 aliphatic carbocycles. The van der Waals surface area contributed by atoms with Crippen molar-refractivity contribution in [2.45, 2.75) is 0 Å². The van der Waals surface area contributed by atoms with Gasteiger partial charge in [0.05, 0.1) is 7.11 Å². The van der Waals surface area contributed by atoms with Gasteiger partial charge in [0, 0.05) is 11.6 Å². The average Bonchev–Trinajstić information content (AvgIpc) is 2.65. The average molecular weight is 254 g/mol. The zero-order valence-electron chi connectivity index (χ0n) is 7.53. The van der Waals surface area contributed by atoms with Crippen LogP contribution in [0.4, 0.5) is 0 Å². The summed E-state index contributed by atoms with van der Waals surface area (Å²) in [5, 5.41) is 3.75. The van der Waals surface area contributed by atoms with Crippen LogP contribution in [0, 0.1) is 0 Å². The highest BCUT2D eigenvalue weighted by molar-refractivity contribution is 9.10. The lowest BCUT2D eigenvalue weighted by atomic mass is 10.2. The van der Waals surface area contributed by atoms with Crippen LogP contribution in [0.15, 0.2) is 39.5 Å². The Labute approximate surface area is 89.8 Å². The van der Waals surface area contributed by atoms with Gasteiger partial charge in [0.15, 0.2) is 5.76 Å². The highest BCUT2D eigenvalue weighted by Crippen LogP contribution is 2.25. The number of aromatic nitrogens is 1. The molecule has 0 aliphatic heterocycles. The molecule has 1 aromatic heterocycles. The molecule has 0 fully saturated rings. The van der Waals surface area contributed by atoms with Gasteiger partial charge in [-0.15, -0.1) is 0 Å². The van der Waals surface area contributed by atoms with E-state index in [4.69, 9.17) is 9.26 Å². The minimum atomic E-state index is 0.690. The summed E-state index contributed by atoms with van der Waals surface area (Å²) in [7, 11) is 1.63. The fourth-order valence-electron chi connectivity index (χ4n) is 1.17. The molecule has 72 valence electrons. The van der Waals surface area contributed by atoms with Gasteiger partial charge in [0.2, 0.25) is 0 Å². The molecule has 4 heteroatoms. The Morgan fingerprint density at radius 3 is 2.86 bits per heavy atom. The highest BCUT2D eigenvalue weighted by atomic mass is 79.9. The van der Waals surface area contributed by atoms with Gasteiger partial charge in [-0.25, -0.2) is 0 Å². The fraction of sp³-hybridized carbons (Fsp3) is 0.100. The van der Waals surface area contributed by atoms with E-state index < -0.39 is 0 Å². The van der Waals surface area contributed by atoms with E-state index in [0.29, 0.717) is 4.60 Å². The minimum absolute atomic E-state index is 0.690. The van der Waals surface area contributed by atoms with E-state index in [2.05, 4.69) is 21.1 Å². The maximum absolute atomic E-state index is 5.11. The number of ether oxygens (including phenoxy) is 1. The molecule has 0 radical (unpaired) electrons. The van der Waals surface area contributed by atoms with Crippen molar-refractivity contribution in [3.05, 3.63) is 34.9 Å². The predicted octanol–water partition coefficient (Wildman–Crippen LogP) is 3.11. The quantitative estimate of drug-likeness (QED) is 0.825. The maximum atomic E-state index is 5.11. The maximum Gasteiger partial charge on any atom is 0.168 e. The Bertz CT molecular complexity index is 439. The van der Waals surface area contributed by atoms with Crippen LogP contribution in [0.25, 0.3) is 11.3 Å². The number of halogens is 1. The molecule has 1 aromatic carbocycles. The summed E-state index contributed by atoms with van der Waals surface area (Å²) in [5.74, 6) is 1.52. The third kappa shape index (κ3) is 1.80. The molecule has 0 spiro atoms. The SMILES string of the molecule is COc1cccc(-c2cc(Br)no2)c1. The second-order valence-corrected chi connectivity index (χ2v) is 3.56. The van der Waals surface area contributed by atoms with Crippen LogP contribution in [0.3, 0.4) is 0 Å². The lowest BCUT2D eigenvalue weighted by Crippen LogP contribution is -1.82. The van der Waals surface area contributed by atoms with E-state index in [1.807, 2.05) is 30.3 Å². The summed E-state index contributed by atoms with van der Waals surface area (Å²) in [6.45, 7) is 0. The molecule has 0 atom stereocenters. The molecule has 0 amide bonds. The van der Waals surface area contributed by atoms with Crippen LogP contribution in [-0.4, -0.2) is 12.3 Å². The number of benzene rings is 1. The number of rotatable bonds is 2. The van der Waals surface area contributed by atoms with Crippen molar-refractivity contribution in [1.29, 1.82) is 0 Å². The van der Waals surface area contributed by atoms with Crippen LogP contribution >= 0.6 is 15.9 Å². The third-order valence-corrected chi connectivity index (χ3v) is 2.21. The normalized spacial score (nSPS) is 10.1. The number of nitrogens with zero attached hydrogens (tertiary/aromatic N) is 1. The van der Waals surface area contributed by atoms with Crippen molar-refractivity contribution >= 4 is 15.9 Å². The molecule has 0 N–H and O–H groups in total. The molecule has 0 saturated carbocycles. The van der Waals surface area contributed by atoms with Crippen molar-refractivity contribution in [2.75, 3.05) is 7.11 Å². The van der Waals surface area contributed by atoms with E-state index in [0.717, 1.165) is 17.1 Å².